The molecule has 3 rings (SSSR count). The van der Waals surface area contributed by atoms with E-state index in [1.54, 1.807) is 25.1 Å². The van der Waals surface area contributed by atoms with E-state index in [0.29, 0.717) is 28.3 Å². The van der Waals surface area contributed by atoms with E-state index < -0.39 is 0 Å². The van der Waals surface area contributed by atoms with Gasteiger partial charge in [0, 0.05) is 5.69 Å². The van der Waals surface area contributed by atoms with Gasteiger partial charge in [-0.3, -0.25) is 14.2 Å². The quantitative estimate of drug-likeness (QED) is 0.794. The summed E-state index contributed by atoms with van der Waals surface area (Å²) < 4.78 is 1.40. The zero-order valence-electron chi connectivity index (χ0n) is 14.6. The van der Waals surface area contributed by atoms with Gasteiger partial charge >= 0.3 is 0 Å². The van der Waals surface area contributed by atoms with E-state index in [-0.39, 0.29) is 18.0 Å². The molecular formula is C20H21N3O2. The maximum absolute atomic E-state index is 12.6. The van der Waals surface area contributed by atoms with Gasteiger partial charge in [0.15, 0.2) is 0 Å². The molecule has 0 aliphatic rings. The van der Waals surface area contributed by atoms with Gasteiger partial charge in [-0.15, -0.1) is 0 Å². The maximum Gasteiger partial charge on any atom is 0.261 e. The van der Waals surface area contributed by atoms with Gasteiger partial charge in [0.05, 0.1) is 10.9 Å². The van der Waals surface area contributed by atoms with Crippen molar-refractivity contribution in [2.75, 3.05) is 5.32 Å². The van der Waals surface area contributed by atoms with Crippen LogP contribution in [0.5, 0.6) is 0 Å². The molecule has 2 aromatic carbocycles. The molecule has 25 heavy (non-hydrogen) atoms. The number of anilines is 1. The Hall–Kier alpha value is -2.95. The van der Waals surface area contributed by atoms with E-state index in [1.807, 2.05) is 30.3 Å². The summed E-state index contributed by atoms with van der Waals surface area (Å²) in [6, 6.07) is 14.9. The number of hydrogen-bond acceptors (Lipinski definition) is 3. The zero-order chi connectivity index (χ0) is 18.0. The minimum Gasteiger partial charge on any atom is -0.325 e. The van der Waals surface area contributed by atoms with Gasteiger partial charge in [-0.25, -0.2) is 4.98 Å². The van der Waals surface area contributed by atoms with E-state index in [1.165, 1.54) is 10.1 Å². The molecule has 0 aliphatic carbocycles. The first-order valence-electron chi connectivity index (χ1n) is 8.31. The van der Waals surface area contributed by atoms with E-state index in [0.717, 1.165) is 0 Å². The van der Waals surface area contributed by atoms with Gasteiger partial charge in [0.1, 0.15) is 12.4 Å². The van der Waals surface area contributed by atoms with Crippen LogP contribution in [-0.4, -0.2) is 15.5 Å². The normalized spacial score (nSPS) is 11.0. The van der Waals surface area contributed by atoms with Crippen molar-refractivity contribution in [2.24, 2.45) is 0 Å². The Labute approximate surface area is 146 Å². The lowest BCUT2D eigenvalue weighted by Gasteiger charge is -2.12. The van der Waals surface area contributed by atoms with Crippen LogP contribution in [0.4, 0.5) is 5.69 Å². The predicted molar refractivity (Wildman–Crippen MR) is 99.9 cm³/mol. The van der Waals surface area contributed by atoms with Crippen molar-refractivity contribution in [1.82, 2.24) is 9.55 Å². The fourth-order valence-electron chi connectivity index (χ4n) is 2.76. The van der Waals surface area contributed by atoms with Gasteiger partial charge in [0.2, 0.25) is 5.91 Å². The van der Waals surface area contributed by atoms with Gasteiger partial charge in [-0.1, -0.05) is 38.1 Å². The average Bonchev–Trinajstić information content (AvgIpc) is 2.59. The highest BCUT2D eigenvalue weighted by Gasteiger charge is 2.11. The van der Waals surface area contributed by atoms with Crippen molar-refractivity contribution in [2.45, 2.75) is 33.2 Å². The zero-order valence-corrected chi connectivity index (χ0v) is 14.6. The third kappa shape index (κ3) is 3.60. The number of carbonyl (C=O) groups is 1. The van der Waals surface area contributed by atoms with Crippen LogP contribution in [-0.2, 0) is 11.3 Å². The summed E-state index contributed by atoms with van der Waals surface area (Å²) in [6.45, 7) is 5.91. The molecule has 0 fully saturated rings. The number of aryl methyl sites for hydroxylation is 1. The molecule has 1 aromatic heterocycles. The van der Waals surface area contributed by atoms with Crippen molar-refractivity contribution < 1.29 is 4.79 Å². The van der Waals surface area contributed by atoms with Crippen LogP contribution in [0.15, 0.2) is 53.3 Å². The third-order valence-electron chi connectivity index (χ3n) is 4.22. The molecule has 0 saturated carbocycles. The van der Waals surface area contributed by atoms with E-state index in [2.05, 4.69) is 24.1 Å². The molecule has 1 amide bonds. The monoisotopic (exact) mass is 335 g/mol. The summed E-state index contributed by atoms with van der Waals surface area (Å²) >= 11 is 0. The van der Waals surface area contributed by atoms with E-state index in [4.69, 9.17) is 0 Å². The topological polar surface area (TPSA) is 64.0 Å². The predicted octanol–water partition coefficient (Wildman–Crippen LogP) is 3.47. The number of hydrogen-bond donors (Lipinski definition) is 1. The number of aromatic nitrogens is 2. The number of rotatable bonds is 4. The molecule has 0 radical (unpaired) electrons. The number of nitrogens with one attached hydrogen (secondary N) is 1. The summed E-state index contributed by atoms with van der Waals surface area (Å²) in [5.74, 6) is 0.711. The second-order valence-corrected chi connectivity index (χ2v) is 6.39. The third-order valence-corrected chi connectivity index (χ3v) is 4.22. The lowest BCUT2D eigenvalue weighted by molar-refractivity contribution is -0.116. The molecule has 0 aliphatic heterocycles. The number of amides is 1. The molecule has 1 N–H and O–H groups in total. The fraction of sp³-hybridized carbons (Fsp3) is 0.250. The number of benzene rings is 2. The Bertz CT molecular complexity index is 972. The maximum atomic E-state index is 12.6. The summed E-state index contributed by atoms with van der Waals surface area (Å²) in [5.41, 5.74) is 2.37. The molecule has 128 valence electrons. The Morgan fingerprint density at radius 3 is 2.48 bits per heavy atom. The molecule has 5 nitrogen and oxygen atoms in total. The number of nitrogens with zero attached hydrogens (tertiary/aromatic N) is 2. The van der Waals surface area contributed by atoms with Crippen LogP contribution in [0.25, 0.3) is 10.9 Å². The minimum absolute atomic E-state index is 0.0611. The summed E-state index contributed by atoms with van der Waals surface area (Å²) in [5, 5.41) is 3.35. The number of carbonyl (C=O) groups excluding carboxylic acids is 1. The summed E-state index contributed by atoms with van der Waals surface area (Å²) in [4.78, 5) is 29.4. The first kappa shape index (κ1) is 16.9. The summed E-state index contributed by atoms with van der Waals surface area (Å²) in [6.07, 6.45) is 0. The van der Waals surface area contributed by atoms with Crippen molar-refractivity contribution in [3.63, 3.8) is 0 Å². The van der Waals surface area contributed by atoms with Crippen molar-refractivity contribution in [3.05, 3.63) is 70.3 Å². The molecule has 0 saturated heterocycles. The van der Waals surface area contributed by atoms with E-state index >= 15 is 0 Å². The second-order valence-electron chi connectivity index (χ2n) is 6.39. The molecule has 0 spiro atoms. The number of fused-ring (bicyclic) bond motifs is 1. The Kier molecular flexibility index (Phi) is 4.65. The summed E-state index contributed by atoms with van der Waals surface area (Å²) in [7, 11) is 0. The SMILES string of the molecule is Cc1nc2ccccc2c(=O)n1CC(=O)Nc1ccc(C(C)C)cc1. The van der Waals surface area contributed by atoms with Crippen LogP contribution in [0.2, 0.25) is 0 Å². The smallest absolute Gasteiger partial charge is 0.261 e. The van der Waals surface area contributed by atoms with Gasteiger partial charge < -0.3 is 5.32 Å². The molecule has 0 unspecified atom stereocenters. The van der Waals surface area contributed by atoms with Crippen molar-refractivity contribution in [3.8, 4) is 0 Å². The molecule has 5 heteroatoms. The van der Waals surface area contributed by atoms with E-state index in [9.17, 15) is 9.59 Å². The van der Waals surface area contributed by atoms with Gasteiger partial charge in [-0.05, 0) is 42.7 Å². The van der Waals surface area contributed by atoms with Gasteiger partial charge in [0.25, 0.3) is 5.56 Å². The minimum atomic E-state index is -0.250. The molecule has 3 aromatic rings. The molecule has 0 atom stereocenters. The van der Waals surface area contributed by atoms with Crippen molar-refractivity contribution >= 4 is 22.5 Å². The Balaban J connectivity index is 1.81. The van der Waals surface area contributed by atoms with Crippen LogP contribution < -0.4 is 10.9 Å². The van der Waals surface area contributed by atoms with Crippen LogP contribution >= 0.6 is 0 Å². The first-order valence-corrected chi connectivity index (χ1v) is 8.31. The average molecular weight is 335 g/mol. The van der Waals surface area contributed by atoms with Crippen LogP contribution in [0, 0.1) is 6.92 Å². The molecule has 1 heterocycles. The largest absolute Gasteiger partial charge is 0.325 e. The van der Waals surface area contributed by atoms with Crippen molar-refractivity contribution in [1.29, 1.82) is 0 Å². The number of para-hydroxylation sites is 1. The standard InChI is InChI=1S/C20H21N3O2/c1-13(2)15-8-10-16(11-9-15)22-19(24)12-23-14(3)21-18-7-5-4-6-17(18)20(23)25/h4-11,13H,12H2,1-3H3,(H,22,24). The lowest BCUT2D eigenvalue weighted by atomic mass is 10.0. The highest BCUT2D eigenvalue weighted by atomic mass is 16.2. The van der Waals surface area contributed by atoms with Gasteiger partial charge in [-0.2, -0.15) is 0 Å². The lowest BCUT2D eigenvalue weighted by Crippen LogP contribution is -2.30. The second kappa shape index (κ2) is 6.89. The van der Waals surface area contributed by atoms with Crippen LogP contribution in [0.1, 0.15) is 31.2 Å². The Morgan fingerprint density at radius 1 is 1.12 bits per heavy atom. The highest BCUT2D eigenvalue weighted by Crippen LogP contribution is 2.17. The fourth-order valence-corrected chi connectivity index (χ4v) is 2.76. The first-order chi connectivity index (χ1) is 12.0. The Morgan fingerprint density at radius 2 is 1.80 bits per heavy atom. The highest BCUT2D eigenvalue weighted by molar-refractivity contribution is 5.90. The molecular weight excluding hydrogens is 314 g/mol. The van der Waals surface area contributed by atoms with Crippen LogP contribution in [0.3, 0.4) is 0 Å². The molecule has 0 bridgehead atoms.